The molecule has 0 fully saturated rings. The van der Waals surface area contributed by atoms with Gasteiger partial charge in [0.2, 0.25) is 0 Å². The maximum Gasteiger partial charge on any atom is 0.196 e. The minimum absolute atomic E-state index is 0.175. The van der Waals surface area contributed by atoms with Crippen LogP contribution in [0, 0.1) is 5.41 Å². The second kappa shape index (κ2) is 7.96. The van der Waals surface area contributed by atoms with E-state index in [2.05, 4.69) is 10.2 Å². The van der Waals surface area contributed by atoms with Gasteiger partial charge in [-0.2, -0.15) is 0 Å². The van der Waals surface area contributed by atoms with Gasteiger partial charge >= 0.3 is 0 Å². The van der Waals surface area contributed by atoms with E-state index >= 15 is 0 Å². The molecule has 27 heavy (non-hydrogen) atoms. The number of rotatable bonds is 6. The zero-order chi connectivity index (χ0) is 19.4. The molecule has 0 aliphatic heterocycles. The van der Waals surface area contributed by atoms with Crippen LogP contribution in [0.15, 0.2) is 59.8 Å². The normalized spacial score (nSPS) is 11.4. The third kappa shape index (κ3) is 4.22. The van der Waals surface area contributed by atoms with E-state index in [9.17, 15) is 4.79 Å². The van der Waals surface area contributed by atoms with Crippen molar-refractivity contribution < 1.29 is 9.53 Å². The zero-order valence-electron chi connectivity index (χ0n) is 16.0. The molecule has 0 aliphatic rings. The molecule has 3 rings (SSSR count). The average Bonchev–Trinajstić information content (AvgIpc) is 3.09. The largest absolute Gasteiger partial charge is 0.496 e. The van der Waals surface area contributed by atoms with E-state index in [0.717, 1.165) is 17.0 Å². The topological polar surface area (TPSA) is 57.0 Å². The Balaban J connectivity index is 2.05. The van der Waals surface area contributed by atoms with Crippen LogP contribution in [0.4, 0.5) is 0 Å². The number of para-hydroxylation sites is 2. The van der Waals surface area contributed by atoms with Gasteiger partial charge in [0.05, 0.1) is 18.4 Å². The van der Waals surface area contributed by atoms with E-state index in [1.807, 2.05) is 79.9 Å². The van der Waals surface area contributed by atoms with Gasteiger partial charge in [-0.3, -0.25) is 9.36 Å². The summed E-state index contributed by atoms with van der Waals surface area (Å²) in [6, 6.07) is 17.6. The lowest BCUT2D eigenvalue weighted by Gasteiger charge is -2.16. The van der Waals surface area contributed by atoms with Gasteiger partial charge in [-0.05, 0) is 24.3 Å². The van der Waals surface area contributed by atoms with E-state index in [0.29, 0.717) is 16.7 Å². The number of Topliss-reactive ketones (excluding diaryl/α,β-unsaturated/α-hetero) is 1. The lowest BCUT2D eigenvalue weighted by atomic mass is 9.92. The number of aromatic nitrogens is 3. The van der Waals surface area contributed by atoms with Crippen molar-refractivity contribution in [3.8, 4) is 22.8 Å². The highest BCUT2D eigenvalue weighted by Gasteiger charge is 2.24. The lowest BCUT2D eigenvalue weighted by molar-refractivity contribution is -0.123. The zero-order valence-corrected chi connectivity index (χ0v) is 16.8. The Kier molecular flexibility index (Phi) is 5.65. The molecule has 1 heterocycles. The number of methoxy groups -OCH3 is 1. The van der Waals surface area contributed by atoms with Crippen LogP contribution in [-0.2, 0) is 4.79 Å². The summed E-state index contributed by atoms with van der Waals surface area (Å²) >= 11 is 1.40. The van der Waals surface area contributed by atoms with Crippen LogP contribution in [0.25, 0.3) is 17.1 Å². The van der Waals surface area contributed by atoms with Crippen molar-refractivity contribution in [3.05, 3.63) is 54.6 Å². The number of nitrogens with zero attached hydrogens (tertiary/aromatic N) is 3. The minimum atomic E-state index is -0.379. The van der Waals surface area contributed by atoms with E-state index in [-0.39, 0.29) is 11.2 Å². The molecule has 0 saturated carbocycles. The lowest BCUT2D eigenvalue weighted by Crippen LogP contribution is -2.22. The SMILES string of the molecule is COc1ccccc1-c1nnc(SCC(=O)C(C)(C)C)n1-c1ccccc1. The van der Waals surface area contributed by atoms with Crippen LogP contribution >= 0.6 is 11.8 Å². The van der Waals surface area contributed by atoms with Crippen molar-refractivity contribution in [1.82, 2.24) is 14.8 Å². The number of ketones is 1. The highest BCUT2D eigenvalue weighted by Crippen LogP contribution is 2.33. The third-order valence-electron chi connectivity index (χ3n) is 4.16. The molecule has 0 aliphatic carbocycles. The van der Waals surface area contributed by atoms with Crippen molar-refractivity contribution in [2.45, 2.75) is 25.9 Å². The summed E-state index contributed by atoms with van der Waals surface area (Å²) in [4.78, 5) is 12.4. The van der Waals surface area contributed by atoms with E-state index in [4.69, 9.17) is 4.74 Å². The molecular formula is C21H23N3O2S. The van der Waals surface area contributed by atoms with Crippen molar-refractivity contribution in [2.75, 3.05) is 12.9 Å². The summed E-state index contributed by atoms with van der Waals surface area (Å²) in [7, 11) is 1.64. The van der Waals surface area contributed by atoms with Crippen LogP contribution in [0.1, 0.15) is 20.8 Å². The minimum Gasteiger partial charge on any atom is -0.496 e. The maximum atomic E-state index is 12.4. The predicted molar refractivity (Wildman–Crippen MR) is 109 cm³/mol. The first-order valence-electron chi connectivity index (χ1n) is 8.72. The molecule has 0 saturated heterocycles. The van der Waals surface area contributed by atoms with Gasteiger partial charge in [0.25, 0.3) is 0 Å². The number of thioether (sulfide) groups is 1. The molecule has 1 aromatic heterocycles. The average molecular weight is 382 g/mol. The summed E-state index contributed by atoms with van der Waals surface area (Å²) in [5.41, 5.74) is 1.41. The van der Waals surface area contributed by atoms with Gasteiger partial charge in [-0.15, -0.1) is 10.2 Å². The smallest absolute Gasteiger partial charge is 0.196 e. The fraction of sp³-hybridized carbons (Fsp3) is 0.286. The fourth-order valence-corrected chi connectivity index (χ4v) is 3.64. The quantitative estimate of drug-likeness (QED) is 0.582. The molecule has 0 spiro atoms. The second-order valence-corrected chi connectivity index (χ2v) is 8.08. The number of hydrogen-bond donors (Lipinski definition) is 0. The highest BCUT2D eigenvalue weighted by atomic mass is 32.2. The molecule has 3 aromatic rings. The Morgan fingerprint density at radius 1 is 1.04 bits per heavy atom. The molecule has 140 valence electrons. The van der Waals surface area contributed by atoms with Crippen molar-refractivity contribution in [1.29, 1.82) is 0 Å². The van der Waals surface area contributed by atoms with Gasteiger partial charge in [0.15, 0.2) is 11.0 Å². The first kappa shape index (κ1) is 19.2. The first-order valence-corrected chi connectivity index (χ1v) is 9.70. The van der Waals surface area contributed by atoms with Gasteiger partial charge in [0.1, 0.15) is 11.5 Å². The molecule has 2 aromatic carbocycles. The standard InChI is InChI=1S/C21H23N3O2S/c1-21(2,3)18(25)14-27-20-23-22-19(16-12-8-9-13-17(16)26-4)24(20)15-10-6-5-7-11-15/h5-13H,14H2,1-4H3. The third-order valence-corrected chi connectivity index (χ3v) is 5.09. The number of benzene rings is 2. The fourth-order valence-electron chi connectivity index (χ4n) is 2.52. The molecule has 0 amide bonds. The van der Waals surface area contributed by atoms with E-state index in [1.165, 1.54) is 11.8 Å². The highest BCUT2D eigenvalue weighted by molar-refractivity contribution is 7.99. The van der Waals surface area contributed by atoms with Crippen LogP contribution in [0.3, 0.4) is 0 Å². The molecule has 0 radical (unpaired) electrons. The van der Waals surface area contributed by atoms with Gasteiger partial charge in [-0.25, -0.2) is 0 Å². The van der Waals surface area contributed by atoms with Gasteiger partial charge in [-0.1, -0.05) is 62.9 Å². The summed E-state index contributed by atoms with van der Waals surface area (Å²) in [5, 5.41) is 9.46. The van der Waals surface area contributed by atoms with Crippen molar-refractivity contribution in [3.63, 3.8) is 0 Å². The monoisotopic (exact) mass is 381 g/mol. The summed E-state index contributed by atoms with van der Waals surface area (Å²) in [6.45, 7) is 5.79. The van der Waals surface area contributed by atoms with Crippen molar-refractivity contribution >= 4 is 17.5 Å². The Morgan fingerprint density at radius 2 is 1.70 bits per heavy atom. The summed E-state index contributed by atoms with van der Waals surface area (Å²) in [5.74, 6) is 1.93. The predicted octanol–water partition coefficient (Wildman–Crippen LogP) is 4.65. The molecule has 6 heteroatoms. The van der Waals surface area contributed by atoms with Crippen LogP contribution in [-0.4, -0.2) is 33.4 Å². The number of hydrogen-bond acceptors (Lipinski definition) is 5. The Bertz CT molecular complexity index is 930. The maximum absolute atomic E-state index is 12.4. The van der Waals surface area contributed by atoms with Crippen LogP contribution < -0.4 is 4.74 Å². The van der Waals surface area contributed by atoms with E-state index in [1.54, 1.807) is 7.11 Å². The Morgan fingerprint density at radius 3 is 2.37 bits per heavy atom. The molecule has 0 bridgehead atoms. The molecule has 5 nitrogen and oxygen atoms in total. The second-order valence-electron chi connectivity index (χ2n) is 7.14. The summed E-state index contributed by atoms with van der Waals surface area (Å²) in [6.07, 6.45) is 0. The van der Waals surface area contributed by atoms with Gasteiger partial charge < -0.3 is 4.74 Å². The van der Waals surface area contributed by atoms with E-state index < -0.39 is 0 Å². The molecule has 0 N–H and O–H groups in total. The van der Waals surface area contributed by atoms with Crippen LogP contribution in [0.5, 0.6) is 5.75 Å². The number of ether oxygens (including phenoxy) is 1. The number of carbonyl (C=O) groups excluding carboxylic acids is 1. The van der Waals surface area contributed by atoms with Gasteiger partial charge in [0, 0.05) is 11.1 Å². The molecule has 0 atom stereocenters. The van der Waals surface area contributed by atoms with Crippen LogP contribution in [0.2, 0.25) is 0 Å². The molecule has 0 unspecified atom stereocenters. The first-order chi connectivity index (χ1) is 12.9. The molecular weight excluding hydrogens is 358 g/mol. The Hall–Kier alpha value is -2.60. The number of carbonyl (C=O) groups is 1. The summed E-state index contributed by atoms with van der Waals surface area (Å²) < 4.78 is 7.47. The van der Waals surface area contributed by atoms with Crippen molar-refractivity contribution in [2.24, 2.45) is 5.41 Å². The Labute approximate surface area is 163 Å².